The van der Waals surface area contributed by atoms with Crippen LogP contribution in [0.4, 0.5) is 14.4 Å². The molecule has 0 aliphatic rings. The van der Waals surface area contributed by atoms with E-state index in [0.29, 0.717) is 57.2 Å². The van der Waals surface area contributed by atoms with E-state index in [1.54, 1.807) is 80.8 Å². The summed E-state index contributed by atoms with van der Waals surface area (Å²) in [7, 11) is 2.79. The average Bonchev–Trinajstić information content (AvgIpc) is 1.08. The lowest BCUT2D eigenvalue weighted by atomic mass is 9.85. The zero-order valence-electron chi connectivity index (χ0n) is 56.7. The maximum atomic E-state index is 15.4. The van der Waals surface area contributed by atoms with Crippen LogP contribution in [0, 0.1) is 16.7 Å². The predicted octanol–water partition coefficient (Wildman–Crippen LogP) is 7.90. The van der Waals surface area contributed by atoms with Crippen molar-refractivity contribution in [2.24, 2.45) is 16.7 Å². The molecule has 1 aromatic heterocycles. The predicted molar refractivity (Wildman–Crippen MR) is 351 cm³/mol. The molecule has 4 rings (SSSR count). The second-order valence-electron chi connectivity index (χ2n) is 25.6. The van der Waals surface area contributed by atoms with Crippen LogP contribution in [-0.2, 0) is 81.2 Å². The second-order valence-corrected chi connectivity index (χ2v) is 25.6. The Bertz CT molecular complexity index is 2860. The molecule has 24 nitrogen and oxygen atoms in total. The van der Waals surface area contributed by atoms with Gasteiger partial charge in [-0.2, -0.15) is 0 Å². The number of esters is 1. The van der Waals surface area contributed by atoms with E-state index in [-0.39, 0.29) is 64.7 Å². The third-order valence-corrected chi connectivity index (χ3v) is 14.7. The molecule has 1 heterocycles. The van der Waals surface area contributed by atoms with Gasteiger partial charge in [-0.15, -0.1) is 0 Å². The maximum absolute atomic E-state index is 15.4. The van der Waals surface area contributed by atoms with Crippen molar-refractivity contribution in [3.63, 3.8) is 0 Å². The molecule has 93 heavy (non-hydrogen) atoms. The number of nitrogens with zero attached hydrogens (tertiary/aromatic N) is 2. The largest absolute Gasteiger partial charge is 0.457 e. The highest BCUT2D eigenvalue weighted by molar-refractivity contribution is 5.90. The van der Waals surface area contributed by atoms with Gasteiger partial charge < -0.3 is 69.2 Å². The fourth-order valence-electron chi connectivity index (χ4n) is 9.31. The number of hydrogen-bond donors (Lipinski definition) is 6. The van der Waals surface area contributed by atoms with E-state index in [4.69, 9.17) is 42.6 Å². The molecule has 24 heteroatoms. The average molecular weight is 1300 g/mol. The fourth-order valence-corrected chi connectivity index (χ4v) is 9.31. The first kappa shape index (κ1) is 77.7. The molecule has 6 unspecified atom stereocenters. The summed E-state index contributed by atoms with van der Waals surface area (Å²) in [6, 6.07) is 25.1. The lowest BCUT2D eigenvalue weighted by Crippen LogP contribution is -2.62. The van der Waals surface area contributed by atoms with Crippen molar-refractivity contribution in [2.45, 2.75) is 150 Å². The third kappa shape index (κ3) is 30.3. The summed E-state index contributed by atoms with van der Waals surface area (Å²) in [6.07, 6.45) is -1.67. The van der Waals surface area contributed by atoms with Crippen LogP contribution in [0.25, 0.3) is 11.3 Å². The number of nitrogens with one attached hydrogen (secondary N) is 6. The van der Waals surface area contributed by atoms with Gasteiger partial charge in [0.05, 0.1) is 84.9 Å². The Kier molecular flexibility index (Phi) is 33.7. The van der Waals surface area contributed by atoms with Crippen molar-refractivity contribution in [3.8, 4) is 11.3 Å². The smallest absolute Gasteiger partial charge is 0.408 e. The van der Waals surface area contributed by atoms with Gasteiger partial charge in [-0.1, -0.05) is 153 Å². The molecule has 6 atom stereocenters. The van der Waals surface area contributed by atoms with E-state index < -0.39 is 94.7 Å². The maximum Gasteiger partial charge on any atom is 0.408 e. The monoisotopic (exact) mass is 1300 g/mol. The molecule has 0 aliphatic heterocycles. The van der Waals surface area contributed by atoms with Crippen LogP contribution >= 0.6 is 0 Å². The van der Waals surface area contributed by atoms with Gasteiger partial charge in [-0.3, -0.25) is 24.8 Å². The Morgan fingerprint density at radius 1 is 0.527 bits per heavy atom. The van der Waals surface area contributed by atoms with Gasteiger partial charge in [0.1, 0.15) is 42.5 Å². The van der Waals surface area contributed by atoms with Crippen molar-refractivity contribution in [1.29, 1.82) is 0 Å². The van der Waals surface area contributed by atoms with E-state index >= 15 is 9.59 Å². The zero-order chi connectivity index (χ0) is 68.4. The summed E-state index contributed by atoms with van der Waals surface area (Å²) < 4.78 is 49.9. The third-order valence-electron chi connectivity index (χ3n) is 14.7. The van der Waals surface area contributed by atoms with Crippen molar-refractivity contribution >= 4 is 42.0 Å². The van der Waals surface area contributed by atoms with E-state index in [0.717, 1.165) is 16.8 Å². The van der Waals surface area contributed by atoms with Gasteiger partial charge in [0.15, 0.2) is 0 Å². The lowest BCUT2D eigenvalue weighted by molar-refractivity contribution is -0.158. The Morgan fingerprint density at radius 2 is 1.05 bits per heavy atom. The van der Waals surface area contributed by atoms with Crippen LogP contribution in [0.15, 0.2) is 109 Å². The molecule has 0 fully saturated rings. The zero-order valence-corrected chi connectivity index (χ0v) is 56.7. The van der Waals surface area contributed by atoms with Crippen LogP contribution in [0.5, 0.6) is 0 Å². The van der Waals surface area contributed by atoms with Crippen LogP contribution < -0.4 is 32.0 Å². The highest BCUT2D eigenvalue weighted by Crippen LogP contribution is 2.25. The molecule has 3 aromatic carbocycles. The number of rotatable bonds is 40. The summed E-state index contributed by atoms with van der Waals surface area (Å²) >= 11 is 0. The number of carbonyl (C=O) groups excluding carboxylic acids is 7. The van der Waals surface area contributed by atoms with E-state index in [1.807, 2.05) is 112 Å². The van der Waals surface area contributed by atoms with Gasteiger partial charge >= 0.3 is 24.2 Å². The second kappa shape index (κ2) is 40.4. The molecule has 0 saturated carbocycles. The normalized spacial score (nSPS) is 13.7. The molecule has 0 radical (unpaired) electrons. The SMILES string of the molecule is CCC(C)(C)OC(=O)NC(Cc1ccccc1)C(=O)NC(CC(C)C)C(=O)OC(CN(Cc1ccc(-c2ccccn2)cc1)NC(=O)C(NC(=O)OC)C(C)(C)C)C(Cc1ccccc1)NC(=O)C(NC(=O)OCCOCCOCCOCCOCCOC)C(C)(C)C. The number of alkyl carbamates (subject to hydrolysis) is 3. The molecule has 0 aliphatic carbocycles. The first-order chi connectivity index (χ1) is 44.2. The summed E-state index contributed by atoms with van der Waals surface area (Å²) in [5.74, 6) is -3.14. The molecular formula is C69H102N8O16. The number of hydrogen-bond acceptors (Lipinski definition) is 18. The Hall–Kier alpha value is -7.74. The molecule has 4 aromatic rings. The van der Waals surface area contributed by atoms with E-state index in [2.05, 4.69) is 37.0 Å². The summed E-state index contributed by atoms with van der Waals surface area (Å²) in [4.78, 5) is 105. The number of ether oxygens (including phenoxy) is 9. The topological polar surface area (TPSA) is 291 Å². The first-order valence-electron chi connectivity index (χ1n) is 31.7. The molecule has 6 N–H and O–H groups in total. The Labute approximate surface area is 549 Å². The van der Waals surface area contributed by atoms with Crippen molar-refractivity contribution < 1.29 is 76.2 Å². The minimum atomic E-state index is -1.39. The van der Waals surface area contributed by atoms with Crippen LogP contribution in [0.1, 0.15) is 106 Å². The highest BCUT2D eigenvalue weighted by atomic mass is 16.6. The van der Waals surface area contributed by atoms with Crippen LogP contribution in [0.3, 0.4) is 0 Å². The van der Waals surface area contributed by atoms with E-state index in [9.17, 15) is 24.0 Å². The van der Waals surface area contributed by atoms with Gasteiger partial charge in [0, 0.05) is 31.8 Å². The number of pyridine rings is 1. The molecule has 6 amide bonds. The quantitative estimate of drug-likeness (QED) is 0.0107. The lowest BCUT2D eigenvalue weighted by Gasteiger charge is -2.37. The minimum absolute atomic E-state index is 0.0243. The first-order valence-corrected chi connectivity index (χ1v) is 31.7. The summed E-state index contributed by atoms with van der Waals surface area (Å²) in [5, 5.41) is 15.7. The Balaban J connectivity index is 1.76. The van der Waals surface area contributed by atoms with Crippen LogP contribution in [-0.4, -0.2) is 181 Å². The van der Waals surface area contributed by atoms with Crippen LogP contribution in [0.2, 0.25) is 0 Å². The Morgan fingerprint density at radius 3 is 1.57 bits per heavy atom. The number of hydrazine groups is 1. The van der Waals surface area contributed by atoms with Crippen molar-refractivity contribution in [1.82, 2.24) is 42.0 Å². The van der Waals surface area contributed by atoms with Gasteiger partial charge in [-0.05, 0) is 78.7 Å². The molecule has 514 valence electrons. The van der Waals surface area contributed by atoms with Gasteiger partial charge in [-0.25, -0.2) is 24.2 Å². The number of benzene rings is 3. The minimum Gasteiger partial charge on any atom is -0.457 e. The van der Waals surface area contributed by atoms with Gasteiger partial charge in [0.2, 0.25) is 11.8 Å². The molecule has 0 saturated heterocycles. The number of methoxy groups -OCH3 is 2. The summed E-state index contributed by atoms with van der Waals surface area (Å²) in [6.45, 7) is 22.3. The molecule has 0 bridgehead atoms. The summed E-state index contributed by atoms with van der Waals surface area (Å²) in [5.41, 5.74) is 3.97. The van der Waals surface area contributed by atoms with Crippen molar-refractivity contribution in [3.05, 3.63) is 126 Å². The molecular weight excluding hydrogens is 1200 g/mol. The number of carbonyl (C=O) groups is 7. The van der Waals surface area contributed by atoms with Gasteiger partial charge in [0.25, 0.3) is 5.91 Å². The number of amides is 6. The standard InChI is InChI=1S/C69H102N8O16/c1-14-69(10,11)93-66(84)73-55(45-50-25-19-16-20-26-50)60(78)72-56(43-48(2)3)63(81)92-57(47-77(76-62(80)59(68(7,8)9)74-64(82)86-13)46-51-28-30-52(31-29-51)53-27-21-22-32-70-53)54(44-49-23-17-15-18-24-49)71-61(79)58(67(4,5)6)75-65(83)91-42-41-90-40-39-89-38-37-88-36-35-87-34-33-85-12/h15-32,48,54-59H,14,33-47H2,1-13H3,(H,71,79)(H,72,78)(H,73,84)(H,74,82)(H,75,83)(H,76,80). The van der Waals surface area contributed by atoms with Crippen molar-refractivity contribution in [2.75, 3.05) is 86.8 Å². The van der Waals surface area contributed by atoms with E-state index in [1.165, 1.54) is 12.1 Å². The fraction of sp³-hybridized carbons (Fsp3) is 0.565. The number of aromatic nitrogens is 1. The highest BCUT2D eigenvalue weighted by Gasteiger charge is 2.40. The molecule has 0 spiro atoms.